The van der Waals surface area contributed by atoms with Crippen molar-refractivity contribution in [2.75, 3.05) is 20.3 Å². The number of hydrogen-bond donors (Lipinski definition) is 2. The Morgan fingerprint density at radius 1 is 1.56 bits per heavy atom. The first-order valence-corrected chi connectivity index (χ1v) is 6.31. The first-order valence-electron chi connectivity index (χ1n) is 6.31. The van der Waals surface area contributed by atoms with Gasteiger partial charge in [0.25, 0.3) is 0 Å². The van der Waals surface area contributed by atoms with Crippen LogP contribution in [0.3, 0.4) is 0 Å². The Morgan fingerprint density at radius 3 is 2.69 bits per heavy atom. The molecule has 4 unspecified atom stereocenters. The summed E-state index contributed by atoms with van der Waals surface area (Å²) in [6, 6.07) is 0.488. The zero-order valence-corrected chi connectivity index (χ0v) is 10.7. The van der Waals surface area contributed by atoms with Gasteiger partial charge in [0.2, 0.25) is 0 Å². The molecule has 0 radical (unpaired) electrons. The third kappa shape index (κ3) is 3.17. The summed E-state index contributed by atoms with van der Waals surface area (Å²) in [4.78, 5) is 2.21. The van der Waals surface area contributed by atoms with Crippen molar-refractivity contribution >= 4 is 0 Å². The van der Waals surface area contributed by atoms with Crippen molar-refractivity contribution in [2.45, 2.75) is 57.3 Å². The number of ether oxygens (including phenoxy) is 1. The van der Waals surface area contributed by atoms with E-state index in [0.717, 1.165) is 25.9 Å². The highest BCUT2D eigenvalue weighted by molar-refractivity contribution is 4.88. The van der Waals surface area contributed by atoms with Crippen LogP contribution in [-0.2, 0) is 4.74 Å². The second-order valence-electron chi connectivity index (χ2n) is 4.80. The zero-order valence-electron chi connectivity index (χ0n) is 10.7. The van der Waals surface area contributed by atoms with E-state index in [1.54, 1.807) is 0 Å². The Hall–Kier alpha value is -0.160. The number of nitrogens with zero attached hydrogens (tertiary/aromatic N) is 1. The molecule has 0 aliphatic carbocycles. The first-order chi connectivity index (χ1) is 7.61. The van der Waals surface area contributed by atoms with Crippen molar-refractivity contribution in [1.29, 1.82) is 0 Å². The molecular weight excluding hydrogens is 204 g/mol. The van der Waals surface area contributed by atoms with Gasteiger partial charge in [0, 0.05) is 24.7 Å². The molecule has 0 saturated carbocycles. The smallest absolute Gasteiger partial charge is 0.0703 e. The summed E-state index contributed by atoms with van der Waals surface area (Å²) in [5, 5.41) is 9.48. The van der Waals surface area contributed by atoms with E-state index in [0.29, 0.717) is 6.04 Å². The summed E-state index contributed by atoms with van der Waals surface area (Å²) in [5.41, 5.74) is 6.11. The molecule has 4 nitrogen and oxygen atoms in total. The molecule has 1 aliphatic heterocycles. The maximum atomic E-state index is 9.48. The topological polar surface area (TPSA) is 58.7 Å². The van der Waals surface area contributed by atoms with E-state index in [1.165, 1.54) is 0 Å². The fourth-order valence-corrected chi connectivity index (χ4v) is 2.59. The molecule has 3 N–H and O–H groups in total. The molecule has 1 saturated heterocycles. The molecule has 0 aromatic carbocycles. The molecule has 16 heavy (non-hydrogen) atoms. The van der Waals surface area contributed by atoms with Crippen molar-refractivity contribution in [3.8, 4) is 0 Å². The van der Waals surface area contributed by atoms with Crippen LogP contribution in [0.15, 0.2) is 0 Å². The van der Waals surface area contributed by atoms with E-state index >= 15 is 0 Å². The average molecular weight is 230 g/mol. The lowest BCUT2D eigenvalue weighted by Gasteiger charge is -2.36. The van der Waals surface area contributed by atoms with Crippen LogP contribution in [0.2, 0.25) is 0 Å². The van der Waals surface area contributed by atoms with E-state index in [1.807, 2.05) is 7.05 Å². The quantitative estimate of drug-likeness (QED) is 0.701. The largest absolute Gasteiger partial charge is 0.395 e. The molecule has 0 aromatic rings. The SMILES string of the molecule is CCCC(N)C(CO)N(C)C1CCOC1C. The van der Waals surface area contributed by atoms with Crippen LogP contribution >= 0.6 is 0 Å². The number of aliphatic hydroxyl groups is 1. The van der Waals surface area contributed by atoms with Gasteiger partial charge in [0.1, 0.15) is 0 Å². The number of likely N-dealkylation sites (N-methyl/N-ethyl adjacent to an activating group) is 1. The first kappa shape index (κ1) is 13.9. The maximum absolute atomic E-state index is 9.48. The third-order valence-corrected chi connectivity index (χ3v) is 3.69. The summed E-state index contributed by atoms with van der Waals surface area (Å²) in [6.07, 6.45) is 3.29. The van der Waals surface area contributed by atoms with Gasteiger partial charge < -0.3 is 15.6 Å². The van der Waals surface area contributed by atoms with Crippen molar-refractivity contribution < 1.29 is 9.84 Å². The Kier molecular flexibility index (Phi) is 5.69. The summed E-state index contributed by atoms with van der Waals surface area (Å²) in [7, 11) is 2.05. The van der Waals surface area contributed by atoms with E-state index in [2.05, 4.69) is 18.7 Å². The highest BCUT2D eigenvalue weighted by Crippen LogP contribution is 2.21. The molecule has 0 bridgehead atoms. The van der Waals surface area contributed by atoms with Crippen LogP contribution in [0.5, 0.6) is 0 Å². The second kappa shape index (κ2) is 6.55. The highest BCUT2D eigenvalue weighted by atomic mass is 16.5. The van der Waals surface area contributed by atoms with Gasteiger partial charge >= 0.3 is 0 Å². The van der Waals surface area contributed by atoms with E-state index < -0.39 is 0 Å². The molecule has 1 heterocycles. The number of nitrogens with two attached hydrogens (primary N) is 1. The van der Waals surface area contributed by atoms with Crippen LogP contribution < -0.4 is 5.73 Å². The van der Waals surface area contributed by atoms with Gasteiger partial charge in [-0.15, -0.1) is 0 Å². The minimum absolute atomic E-state index is 0.0489. The molecule has 0 amide bonds. The van der Waals surface area contributed by atoms with Gasteiger partial charge in [0.05, 0.1) is 12.7 Å². The fraction of sp³-hybridized carbons (Fsp3) is 1.00. The van der Waals surface area contributed by atoms with Crippen LogP contribution in [0.4, 0.5) is 0 Å². The van der Waals surface area contributed by atoms with Gasteiger partial charge in [-0.05, 0) is 26.8 Å². The molecule has 1 fully saturated rings. The predicted molar refractivity (Wildman–Crippen MR) is 65.3 cm³/mol. The summed E-state index contributed by atoms with van der Waals surface area (Å²) >= 11 is 0. The maximum Gasteiger partial charge on any atom is 0.0703 e. The lowest BCUT2D eigenvalue weighted by molar-refractivity contribution is 0.0416. The average Bonchev–Trinajstić information content (AvgIpc) is 2.65. The predicted octanol–water partition coefficient (Wildman–Crippen LogP) is 0.584. The van der Waals surface area contributed by atoms with Gasteiger partial charge in [-0.1, -0.05) is 13.3 Å². The van der Waals surface area contributed by atoms with Crippen molar-refractivity contribution in [3.63, 3.8) is 0 Å². The summed E-state index contributed by atoms with van der Waals surface area (Å²) in [5.74, 6) is 0. The van der Waals surface area contributed by atoms with E-state index in [4.69, 9.17) is 10.5 Å². The van der Waals surface area contributed by atoms with Crippen LogP contribution in [-0.4, -0.2) is 54.5 Å². The molecule has 1 aliphatic rings. The molecule has 0 spiro atoms. The Labute approximate surface area is 98.8 Å². The minimum Gasteiger partial charge on any atom is -0.395 e. The molecule has 1 rings (SSSR count). The monoisotopic (exact) mass is 230 g/mol. The lowest BCUT2D eigenvalue weighted by atomic mass is 10.00. The van der Waals surface area contributed by atoms with Gasteiger partial charge in [-0.3, -0.25) is 4.90 Å². The van der Waals surface area contributed by atoms with Crippen LogP contribution in [0, 0.1) is 0 Å². The van der Waals surface area contributed by atoms with Crippen LogP contribution in [0.1, 0.15) is 33.1 Å². The standard InChI is InChI=1S/C12H26N2O2/c1-4-5-10(13)12(8-15)14(3)11-6-7-16-9(11)2/h9-12,15H,4-8,13H2,1-3H3. The van der Waals surface area contributed by atoms with E-state index in [9.17, 15) is 5.11 Å². The number of rotatable bonds is 6. The summed E-state index contributed by atoms with van der Waals surface area (Å²) < 4.78 is 5.56. The molecule has 4 heteroatoms. The lowest BCUT2D eigenvalue weighted by Crippen LogP contribution is -2.53. The minimum atomic E-state index is 0.0489. The molecule has 96 valence electrons. The van der Waals surface area contributed by atoms with Gasteiger partial charge in [0.15, 0.2) is 0 Å². The highest BCUT2D eigenvalue weighted by Gasteiger charge is 2.33. The third-order valence-electron chi connectivity index (χ3n) is 3.69. The van der Waals surface area contributed by atoms with Crippen LogP contribution in [0.25, 0.3) is 0 Å². The van der Waals surface area contributed by atoms with Crippen molar-refractivity contribution in [1.82, 2.24) is 4.90 Å². The normalized spacial score (nSPS) is 29.6. The Balaban J connectivity index is 2.57. The molecular formula is C12H26N2O2. The van der Waals surface area contributed by atoms with Crippen molar-refractivity contribution in [3.05, 3.63) is 0 Å². The summed E-state index contributed by atoms with van der Waals surface area (Å²) in [6.45, 7) is 5.15. The Morgan fingerprint density at radius 2 is 2.25 bits per heavy atom. The number of hydrogen-bond acceptors (Lipinski definition) is 4. The second-order valence-corrected chi connectivity index (χ2v) is 4.80. The van der Waals surface area contributed by atoms with Crippen molar-refractivity contribution in [2.24, 2.45) is 5.73 Å². The van der Waals surface area contributed by atoms with E-state index in [-0.39, 0.29) is 24.8 Å². The molecule has 0 aromatic heterocycles. The molecule has 4 atom stereocenters. The zero-order chi connectivity index (χ0) is 12.1. The number of aliphatic hydroxyl groups excluding tert-OH is 1. The van der Waals surface area contributed by atoms with Gasteiger partial charge in [-0.25, -0.2) is 0 Å². The Bertz CT molecular complexity index is 201. The fourth-order valence-electron chi connectivity index (χ4n) is 2.59. The van der Waals surface area contributed by atoms with Gasteiger partial charge in [-0.2, -0.15) is 0 Å².